The monoisotopic (exact) mass is 418 g/mol. The molecular weight excluding hydrogens is 396 g/mol. The van der Waals surface area contributed by atoms with E-state index in [4.69, 9.17) is 4.74 Å². The van der Waals surface area contributed by atoms with Crippen molar-refractivity contribution in [3.8, 4) is 17.1 Å². The molecule has 0 fully saturated rings. The highest BCUT2D eigenvalue weighted by Gasteiger charge is 2.09. The highest BCUT2D eigenvalue weighted by molar-refractivity contribution is 5.77. The van der Waals surface area contributed by atoms with Gasteiger partial charge >= 0.3 is 0 Å². The van der Waals surface area contributed by atoms with Crippen molar-refractivity contribution in [2.24, 2.45) is 0 Å². The van der Waals surface area contributed by atoms with Gasteiger partial charge in [0.15, 0.2) is 5.82 Å². The van der Waals surface area contributed by atoms with E-state index in [9.17, 15) is 9.59 Å². The Morgan fingerprint density at radius 3 is 2.68 bits per heavy atom. The number of rotatable bonds is 8. The zero-order valence-corrected chi connectivity index (χ0v) is 17.0. The Bertz CT molecular complexity index is 1250. The summed E-state index contributed by atoms with van der Waals surface area (Å²) in [5.74, 6) is 2.36. The molecule has 0 radical (unpaired) electrons. The quantitative estimate of drug-likeness (QED) is 0.403. The van der Waals surface area contributed by atoms with Crippen LogP contribution in [0.5, 0.6) is 5.75 Å². The van der Waals surface area contributed by atoms with Crippen molar-refractivity contribution >= 4 is 16.8 Å². The number of hydrogen-bond acceptors (Lipinski definition) is 6. The number of amides is 1. The van der Waals surface area contributed by atoms with Crippen LogP contribution in [0.3, 0.4) is 0 Å². The van der Waals surface area contributed by atoms with Gasteiger partial charge in [-0.2, -0.15) is 5.10 Å². The summed E-state index contributed by atoms with van der Waals surface area (Å²) in [5, 5.41) is 10.4. The van der Waals surface area contributed by atoms with E-state index in [2.05, 4.69) is 30.5 Å². The third-order valence-electron chi connectivity index (χ3n) is 4.81. The fraction of sp³-hybridized carbons (Fsp3) is 0.227. The van der Waals surface area contributed by atoms with Crippen molar-refractivity contribution in [3.05, 3.63) is 70.5 Å². The minimum Gasteiger partial charge on any atom is -0.497 e. The van der Waals surface area contributed by atoms with E-state index in [1.54, 1.807) is 25.3 Å². The van der Waals surface area contributed by atoms with E-state index in [0.717, 1.165) is 11.3 Å². The van der Waals surface area contributed by atoms with E-state index in [-0.39, 0.29) is 18.0 Å². The zero-order chi connectivity index (χ0) is 21.6. The molecule has 0 bridgehead atoms. The number of nitrogens with one attached hydrogen (secondary N) is 3. The summed E-state index contributed by atoms with van der Waals surface area (Å²) in [6.45, 7) is 0.257. The van der Waals surface area contributed by atoms with Gasteiger partial charge in [-0.3, -0.25) is 14.7 Å². The van der Waals surface area contributed by atoms with Crippen LogP contribution in [0.2, 0.25) is 0 Å². The Labute approximate surface area is 177 Å². The second kappa shape index (κ2) is 9.21. The number of benzene rings is 2. The normalized spacial score (nSPS) is 10.9. The molecule has 31 heavy (non-hydrogen) atoms. The molecule has 2 heterocycles. The SMILES string of the molecule is COc1ccc(-c2n[nH]c(CNC(=O)CCCc3nc4ccccc4c(=O)[nH]3)n2)cc1. The van der Waals surface area contributed by atoms with Gasteiger partial charge < -0.3 is 15.0 Å². The van der Waals surface area contributed by atoms with Crippen molar-refractivity contribution in [2.45, 2.75) is 25.8 Å². The minimum atomic E-state index is -0.164. The summed E-state index contributed by atoms with van der Waals surface area (Å²) < 4.78 is 5.14. The number of aromatic amines is 2. The van der Waals surface area contributed by atoms with E-state index in [1.165, 1.54) is 0 Å². The van der Waals surface area contributed by atoms with E-state index >= 15 is 0 Å². The largest absolute Gasteiger partial charge is 0.497 e. The summed E-state index contributed by atoms with van der Waals surface area (Å²) in [6.07, 6.45) is 1.40. The Hall–Kier alpha value is -4.01. The number of carbonyl (C=O) groups excluding carboxylic acids is 1. The molecule has 2 aromatic heterocycles. The van der Waals surface area contributed by atoms with Crippen LogP contribution in [0.4, 0.5) is 0 Å². The number of aromatic nitrogens is 5. The van der Waals surface area contributed by atoms with Gasteiger partial charge in [-0.25, -0.2) is 9.97 Å². The van der Waals surface area contributed by atoms with Crippen molar-refractivity contribution in [3.63, 3.8) is 0 Å². The van der Waals surface area contributed by atoms with Crippen LogP contribution >= 0.6 is 0 Å². The van der Waals surface area contributed by atoms with Crippen LogP contribution in [0.25, 0.3) is 22.3 Å². The number of hydrogen-bond donors (Lipinski definition) is 3. The van der Waals surface area contributed by atoms with E-state index in [1.807, 2.05) is 30.3 Å². The number of aryl methyl sites for hydroxylation is 1. The van der Waals surface area contributed by atoms with Gasteiger partial charge in [0.25, 0.3) is 5.56 Å². The first kappa shape index (κ1) is 20.3. The van der Waals surface area contributed by atoms with Crippen LogP contribution in [-0.4, -0.2) is 38.2 Å². The summed E-state index contributed by atoms with van der Waals surface area (Å²) >= 11 is 0. The predicted octanol–water partition coefficient (Wildman–Crippen LogP) is 2.36. The van der Waals surface area contributed by atoms with Gasteiger partial charge in [0.1, 0.15) is 17.4 Å². The lowest BCUT2D eigenvalue weighted by molar-refractivity contribution is -0.121. The topological polar surface area (TPSA) is 126 Å². The third kappa shape index (κ3) is 4.95. The number of para-hydroxylation sites is 1. The fourth-order valence-corrected chi connectivity index (χ4v) is 3.18. The maximum absolute atomic E-state index is 12.2. The number of carbonyl (C=O) groups is 1. The molecule has 0 saturated carbocycles. The van der Waals surface area contributed by atoms with Crippen LogP contribution in [0.15, 0.2) is 53.3 Å². The lowest BCUT2D eigenvalue weighted by Gasteiger charge is -2.04. The number of nitrogens with zero attached hydrogens (tertiary/aromatic N) is 3. The number of H-pyrrole nitrogens is 2. The van der Waals surface area contributed by atoms with Gasteiger partial charge in [0.05, 0.1) is 24.6 Å². The van der Waals surface area contributed by atoms with Crippen molar-refractivity contribution in [1.29, 1.82) is 0 Å². The molecule has 0 aliphatic carbocycles. The van der Waals surface area contributed by atoms with Gasteiger partial charge in [0.2, 0.25) is 5.91 Å². The molecule has 3 N–H and O–H groups in total. The molecule has 4 aromatic rings. The molecule has 9 nitrogen and oxygen atoms in total. The Balaban J connectivity index is 1.26. The van der Waals surface area contributed by atoms with E-state index < -0.39 is 0 Å². The second-order valence-electron chi connectivity index (χ2n) is 6.99. The zero-order valence-electron chi connectivity index (χ0n) is 17.0. The summed E-state index contributed by atoms with van der Waals surface area (Å²) in [7, 11) is 1.61. The molecule has 1 amide bonds. The molecule has 0 spiro atoms. The van der Waals surface area contributed by atoms with Crippen LogP contribution in [-0.2, 0) is 17.8 Å². The smallest absolute Gasteiger partial charge is 0.258 e. The molecule has 4 rings (SSSR count). The second-order valence-corrected chi connectivity index (χ2v) is 6.99. The average Bonchev–Trinajstić information content (AvgIpc) is 3.27. The molecule has 0 unspecified atom stereocenters. The first-order valence-electron chi connectivity index (χ1n) is 9.93. The van der Waals surface area contributed by atoms with E-state index in [0.29, 0.717) is 47.6 Å². The molecule has 0 aliphatic heterocycles. The summed E-state index contributed by atoms with van der Waals surface area (Å²) in [5.41, 5.74) is 1.35. The lowest BCUT2D eigenvalue weighted by atomic mass is 10.2. The van der Waals surface area contributed by atoms with Gasteiger partial charge in [-0.05, 0) is 42.8 Å². The van der Waals surface area contributed by atoms with Gasteiger partial charge in [0, 0.05) is 18.4 Å². The Morgan fingerprint density at radius 2 is 1.87 bits per heavy atom. The lowest BCUT2D eigenvalue weighted by Crippen LogP contribution is -2.23. The molecule has 0 aliphatic rings. The van der Waals surface area contributed by atoms with Crippen LogP contribution in [0.1, 0.15) is 24.5 Å². The standard InChI is InChI=1S/C22H22N6O3/c1-31-15-11-9-14(10-12-15)21-25-19(27-28-21)13-23-20(29)8-4-7-18-24-17-6-3-2-5-16(17)22(30)26-18/h2-3,5-6,9-12H,4,7-8,13H2,1H3,(H,23,29)(H,24,26,30)(H,25,27,28). The first-order valence-corrected chi connectivity index (χ1v) is 9.93. The first-order chi connectivity index (χ1) is 15.1. The van der Waals surface area contributed by atoms with Crippen molar-refractivity contribution in [2.75, 3.05) is 7.11 Å². The highest BCUT2D eigenvalue weighted by atomic mass is 16.5. The maximum Gasteiger partial charge on any atom is 0.258 e. The van der Waals surface area contributed by atoms with Gasteiger partial charge in [-0.15, -0.1) is 0 Å². The maximum atomic E-state index is 12.2. The van der Waals surface area contributed by atoms with Crippen LogP contribution in [0, 0.1) is 0 Å². The fourth-order valence-electron chi connectivity index (χ4n) is 3.18. The molecule has 9 heteroatoms. The molecule has 0 atom stereocenters. The number of ether oxygens (including phenoxy) is 1. The highest BCUT2D eigenvalue weighted by Crippen LogP contribution is 2.18. The molecule has 0 saturated heterocycles. The number of fused-ring (bicyclic) bond motifs is 1. The number of methoxy groups -OCH3 is 1. The average molecular weight is 418 g/mol. The Morgan fingerprint density at radius 1 is 1.06 bits per heavy atom. The van der Waals surface area contributed by atoms with Crippen LogP contribution < -0.4 is 15.6 Å². The van der Waals surface area contributed by atoms with Crippen molar-refractivity contribution in [1.82, 2.24) is 30.5 Å². The third-order valence-corrected chi connectivity index (χ3v) is 4.81. The molecule has 158 valence electrons. The molecule has 2 aromatic carbocycles. The minimum absolute atomic E-state index is 0.106. The van der Waals surface area contributed by atoms with Gasteiger partial charge in [-0.1, -0.05) is 12.1 Å². The Kier molecular flexibility index (Phi) is 6.02. The summed E-state index contributed by atoms with van der Waals surface area (Å²) in [6, 6.07) is 14.6. The summed E-state index contributed by atoms with van der Waals surface area (Å²) in [4.78, 5) is 35.9. The van der Waals surface area contributed by atoms with Crippen molar-refractivity contribution < 1.29 is 9.53 Å². The molecular formula is C22H22N6O3. The predicted molar refractivity (Wildman–Crippen MR) is 116 cm³/mol.